The second-order valence-corrected chi connectivity index (χ2v) is 14.4. The molecule has 7 heteroatoms. The highest BCUT2D eigenvalue weighted by molar-refractivity contribution is 14.3. The van der Waals surface area contributed by atoms with Gasteiger partial charge in [-0.1, -0.05) is 12.1 Å². The zero-order chi connectivity index (χ0) is 13.1. The van der Waals surface area contributed by atoms with Crippen LogP contribution in [0.2, 0.25) is 0 Å². The van der Waals surface area contributed by atoms with Crippen LogP contribution in [0.25, 0.3) is 0 Å². The average Bonchev–Trinajstić information content (AvgIpc) is 2.28. The molecule has 0 fully saturated rings. The van der Waals surface area contributed by atoms with Crippen LogP contribution < -0.4 is 5.01 Å². The van der Waals surface area contributed by atoms with E-state index in [9.17, 15) is 5.21 Å². The highest BCUT2D eigenvalue weighted by atomic mass is 127. The third kappa shape index (κ3) is 5.01. The van der Waals surface area contributed by atoms with Crippen LogP contribution in [-0.4, -0.2) is 18.5 Å². The van der Waals surface area contributed by atoms with Crippen molar-refractivity contribution in [3.05, 3.63) is 35.0 Å². The Morgan fingerprint density at radius 3 is 2.59 bits per heavy atom. The first-order valence-electron chi connectivity index (χ1n) is 4.92. The van der Waals surface area contributed by atoms with Crippen molar-refractivity contribution in [1.82, 2.24) is 0 Å². The maximum atomic E-state index is 11.2. The molecule has 0 aromatic heterocycles. The molecule has 0 unspecified atom stereocenters. The minimum Gasteiger partial charge on any atom is -0.696 e. The number of halogens is 3. The van der Waals surface area contributed by atoms with Gasteiger partial charge in [0.2, 0.25) is 0 Å². The summed E-state index contributed by atoms with van der Waals surface area (Å²) in [6.07, 6.45) is 0. The molecule has 0 spiro atoms. The standard InChI is InChI=1S/C10H12I3N3O/c1-3-16(17)14-15(2)9-6-4-5-8(7-9)10(11,12)13/h4-7H,3H2,1-2H3/b16-14-. The summed E-state index contributed by atoms with van der Waals surface area (Å²) in [5.41, 5.74) is 2.10. The van der Waals surface area contributed by atoms with E-state index in [-0.39, 0.29) is -0.565 Å². The molecule has 0 N–H and O–H groups in total. The molecule has 0 bridgehead atoms. The van der Waals surface area contributed by atoms with Crippen molar-refractivity contribution in [3.8, 4) is 0 Å². The number of hydroxylamine groups is 1. The molecule has 0 amide bonds. The van der Waals surface area contributed by atoms with Gasteiger partial charge in [-0.15, -0.1) is 5.01 Å². The molecule has 94 valence electrons. The zero-order valence-corrected chi connectivity index (χ0v) is 15.9. The second kappa shape index (κ2) is 6.68. The summed E-state index contributed by atoms with van der Waals surface area (Å²) in [5.74, 6) is 0. The van der Waals surface area contributed by atoms with E-state index in [4.69, 9.17) is 0 Å². The van der Waals surface area contributed by atoms with Crippen LogP contribution in [0.3, 0.4) is 0 Å². The van der Waals surface area contributed by atoms with Crippen LogP contribution in [0, 0.1) is 5.21 Å². The number of alkyl halides is 3. The molecule has 0 heterocycles. The van der Waals surface area contributed by atoms with Crippen LogP contribution >= 0.6 is 67.8 Å². The third-order valence-electron chi connectivity index (χ3n) is 2.05. The van der Waals surface area contributed by atoms with Crippen LogP contribution in [0.5, 0.6) is 0 Å². The number of hydrogen-bond acceptors (Lipinski definition) is 2. The Morgan fingerprint density at radius 1 is 1.41 bits per heavy atom. The van der Waals surface area contributed by atoms with Gasteiger partial charge in [0.1, 0.15) is 18.7 Å². The van der Waals surface area contributed by atoms with Crippen LogP contribution in [-0.2, 0) is -0.565 Å². The Balaban J connectivity index is 3.00. The minimum atomic E-state index is 0.00599. The average molecular weight is 571 g/mol. The number of rotatable bonds is 4. The Bertz CT molecular complexity index is 418. The first kappa shape index (κ1) is 15.7. The maximum absolute atomic E-state index is 11.2. The molecule has 0 saturated heterocycles. The van der Waals surface area contributed by atoms with E-state index in [2.05, 4.69) is 79.1 Å². The van der Waals surface area contributed by atoms with Gasteiger partial charge in [-0.3, -0.25) is 0 Å². The largest absolute Gasteiger partial charge is 0.696 e. The second-order valence-electron chi connectivity index (χ2n) is 3.33. The van der Waals surface area contributed by atoms with Gasteiger partial charge >= 0.3 is 0 Å². The van der Waals surface area contributed by atoms with Crippen molar-refractivity contribution in [2.75, 3.05) is 18.6 Å². The van der Waals surface area contributed by atoms with E-state index in [1.807, 2.05) is 18.2 Å². The van der Waals surface area contributed by atoms with Crippen molar-refractivity contribution in [1.29, 1.82) is 0 Å². The third-order valence-corrected chi connectivity index (χ3v) is 3.92. The number of anilines is 1. The quantitative estimate of drug-likeness (QED) is 0.177. The molecule has 0 saturated carbocycles. The number of benzene rings is 1. The molecule has 4 nitrogen and oxygen atoms in total. The Kier molecular flexibility index (Phi) is 6.16. The van der Waals surface area contributed by atoms with Crippen molar-refractivity contribution < 1.29 is 4.86 Å². The lowest BCUT2D eigenvalue weighted by Gasteiger charge is -2.14. The molecule has 1 aromatic rings. The van der Waals surface area contributed by atoms with Gasteiger partial charge < -0.3 is 5.21 Å². The van der Waals surface area contributed by atoms with Gasteiger partial charge in [0, 0.05) is 0 Å². The minimum absolute atomic E-state index is 0.00599. The summed E-state index contributed by atoms with van der Waals surface area (Å²) >= 11 is 7.10. The molecular weight excluding hydrogens is 559 g/mol. The smallest absolute Gasteiger partial charge is 0.149 e. The summed E-state index contributed by atoms with van der Waals surface area (Å²) < 4.78 is 0.00599. The Labute approximate surface area is 142 Å². The van der Waals surface area contributed by atoms with E-state index in [1.165, 1.54) is 5.56 Å². The number of nitrogens with zero attached hydrogens (tertiary/aromatic N) is 3. The van der Waals surface area contributed by atoms with Gasteiger partial charge in [-0.05, 0) is 92.4 Å². The molecule has 1 aromatic carbocycles. The van der Waals surface area contributed by atoms with E-state index in [0.717, 1.165) is 5.69 Å². The van der Waals surface area contributed by atoms with Crippen molar-refractivity contribution in [2.24, 2.45) is 5.22 Å². The molecule has 1 rings (SSSR count). The van der Waals surface area contributed by atoms with Gasteiger partial charge in [-0.25, -0.2) is 0 Å². The maximum Gasteiger partial charge on any atom is 0.149 e. The fourth-order valence-electron chi connectivity index (χ4n) is 1.15. The van der Waals surface area contributed by atoms with Gasteiger partial charge in [-0.2, -0.15) is 4.86 Å². The zero-order valence-electron chi connectivity index (χ0n) is 9.40. The summed E-state index contributed by atoms with van der Waals surface area (Å²) in [4.78, 5) is 0.665. The van der Waals surface area contributed by atoms with Crippen molar-refractivity contribution in [2.45, 2.75) is 6.36 Å². The predicted octanol–water partition coefficient (Wildman–Crippen LogP) is 4.44. The van der Waals surface area contributed by atoms with Crippen molar-refractivity contribution in [3.63, 3.8) is 0 Å². The molecular formula is C10H12I3N3O. The summed E-state index contributed by atoms with van der Waals surface area (Å²) in [7, 11) is 1.77. The molecule has 0 aliphatic rings. The van der Waals surface area contributed by atoms with E-state index >= 15 is 0 Å². The predicted molar refractivity (Wildman–Crippen MR) is 95.2 cm³/mol. The molecule has 17 heavy (non-hydrogen) atoms. The van der Waals surface area contributed by atoms with Crippen LogP contribution in [0.1, 0.15) is 12.5 Å². The first-order chi connectivity index (χ1) is 7.84. The van der Waals surface area contributed by atoms with Gasteiger partial charge in [0.15, 0.2) is 0 Å². The normalized spacial score (nSPS) is 12.6. The van der Waals surface area contributed by atoms with Gasteiger partial charge in [0.25, 0.3) is 0 Å². The first-order valence-corrected chi connectivity index (χ1v) is 8.15. The number of hydrogen-bond donors (Lipinski definition) is 0. The molecule has 0 aliphatic heterocycles. The highest BCUT2D eigenvalue weighted by Crippen LogP contribution is 2.46. The SMILES string of the molecule is CC/[N+]([O-])=N/N(C)c1cccc(C(I)(I)I)c1. The molecule has 0 radical (unpaired) electrons. The van der Waals surface area contributed by atoms with Crippen molar-refractivity contribution >= 4 is 73.5 Å². The highest BCUT2D eigenvalue weighted by Gasteiger charge is 2.21. The summed E-state index contributed by atoms with van der Waals surface area (Å²) in [6, 6.07) is 8.02. The van der Waals surface area contributed by atoms with E-state index < -0.39 is 0 Å². The fraction of sp³-hybridized carbons (Fsp3) is 0.400. The molecule has 0 atom stereocenters. The Hall–Kier alpha value is 0.610. The molecule has 0 aliphatic carbocycles. The fourth-order valence-corrected chi connectivity index (χ4v) is 2.15. The van der Waals surface area contributed by atoms with Crippen LogP contribution in [0.15, 0.2) is 29.5 Å². The summed E-state index contributed by atoms with van der Waals surface area (Å²) in [5, 5.41) is 16.7. The summed E-state index contributed by atoms with van der Waals surface area (Å²) in [6.45, 7) is 2.12. The lowest BCUT2D eigenvalue weighted by molar-refractivity contribution is -0.527. The van der Waals surface area contributed by atoms with Gasteiger partial charge in [0.05, 0.1) is 5.22 Å². The topological polar surface area (TPSA) is 41.7 Å². The van der Waals surface area contributed by atoms with Crippen LogP contribution in [0.4, 0.5) is 5.69 Å². The van der Waals surface area contributed by atoms with E-state index in [0.29, 0.717) is 11.4 Å². The lowest BCUT2D eigenvalue weighted by Crippen LogP contribution is -2.14. The van der Waals surface area contributed by atoms with E-state index in [1.54, 1.807) is 19.0 Å². The monoisotopic (exact) mass is 571 g/mol. The Morgan fingerprint density at radius 2 is 2.06 bits per heavy atom. The lowest BCUT2D eigenvalue weighted by atomic mass is 10.2.